The van der Waals surface area contributed by atoms with Gasteiger partial charge in [-0.25, -0.2) is 0 Å². The van der Waals surface area contributed by atoms with Crippen molar-refractivity contribution in [3.05, 3.63) is 12.2 Å². The van der Waals surface area contributed by atoms with E-state index in [2.05, 4.69) is 46.8 Å². The highest BCUT2D eigenvalue weighted by Crippen LogP contribution is 2.68. The third kappa shape index (κ3) is 3.91. The molecule has 184 valence electrons. The fourth-order valence-electron chi connectivity index (χ4n) is 9.15. The first-order chi connectivity index (χ1) is 15.0. The molecule has 4 rings (SSSR count). The van der Waals surface area contributed by atoms with Crippen molar-refractivity contribution in [2.45, 2.75) is 97.9 Å². The highest BCUT2D eigenvalue weighted by Gasteiger charge is 2.64. The van der Waals surface area contributed by atoms with Crippen LogP contribution in [0.25, 0.3) is 0 Å². The Labute approximate surface area is 195 Å². The van der Waals surface area contributed by atoms with Crippen molar-refractivity contribution in [2.24, 2.45) is 58.2 Å². The van der Waals surface area contributed by atoms with E-state index in [1.807, 2.05) is 0 Å². The minimum absolute atomic E-state index is 0.0812. The highest BCUT2D eigenvalue weighted by molar-refractivity contribution is 5.14. The molecule has 0 aromatic rings. The van der Waals surface area contributed by atoms with Crippen molar-refractivity contribution in [3.8, 4) is 0 Å². The lowest BCUT2D eigenvalue weighted by atomic mass is 9.43. The third-order valence-electron chi connectivity index (χ3n) is 11.1. The van der Waals surface area contributed by atoms with Crippen LogP contribution in [0.3, 0.4) is 0 Å². The summed E-state index contributed by atoms with van der Waals surface area (Å²) in [4.78, 5) is 0. The Morgan fingerprint density at radius 2 is 1.53 bits per heavy atom. The first kappa shape index (κ1) is 24.7. The normalized spacial score (nSPS) is 50.7. The van der Waals surface area contributed by atoms with Crippen LogP contribution < -0.4 is 0 Å². The summed E-state index contributed by atoms with van der Waals surface area (Å²) in [6, 6.07) is 0. The molecule has 0 aromatic heterocycles. The number of hydrogen-bond donors (Lipinski definition) is 4. The SMILES string of the molecule is CC(C)[C@H](/C=C/[C@@H](C)[C@H]1C[C@@H](O)[C@H]2[C@@H]3C[C@H](O)[C@H]4C[C@@H](O)CC[C@]4(C)[C@H]3CC[C@@]21C)CO. The molecule has 32 heavy (non-hydrogen) atoms. The average molecular weight is 449 g/mol. The number of hydrogen-bond acceptors (Lipinski definition) is 4. The summed E-state index contributed by atoms with van der Waals surface area (Å²) < 4.78 is 0. The molecule has 4 saturated carbocycles. The molecular weight excluding hydrogens is 400 g/mol. The van der Waals surface area contributed by atoms with Crippen LogP contribution in [-0.2, 0) is 0 Å². The average Bonchev–Trinajstić information content (AvgIpc) is 3.00. The lowest BCUT2D eigenvalue weighted by molar-refractivity contribution is -0.180. The fraction of sp³-hybridized carbons (Fsp3) is 0.929. The van der Waals surface area contributed by atoms with Crippen LogP contribution in [-0.4, -0.2) is 45.3 Å². The Morgan fingerprint density at radius 1 is 0.844 bits per heavy atom. The number of fused-ring (bicyclic) bond motifs is 5. The van der Waals surface area contributed by atoms with Crippen molar-refractivity contribution in [1.82, 2.24) is 0 Å². The lowest BCUT2D eigenvalue weighted by Crippen LogP contribution is -2.59. The molecule has 0 heterocycles. The summed E-state index contributed by atoms with van der Waals surface area (Å²) >= 11 is 0. The smallest absolute Gasteiger partial charge is 0.0579 e. The lowest BCUT2D eigenvalue weighted by Gasteiger charge is -2.62. The Kier molecular flexibility index (Phi) is 6.93. The highest BCUT2D eigenvalue weighted by atomic mass is 16.3. The molecule has 4 aliphatic carbocycles. The summed E-state index contributed by atoms with van der Waals surface area (Å²) in [7, 11) is 0. The van der Waals surface area contributed by atoms with Gasteiger partial charge in [0.2, 0.25) is 0 Å². The maximum atomic E-state index is 11.4. The van der Waals surface area contributed by atoms with Gasteiger partial charge in [-0.15, -0.1) is 0 Å². The number of aliphatic hydroxyl groups excluding tert-OH is 4. The van der Waals surface area contributed by atoms with Gasteiger partial charge in [-0.3, -0.25) is 0 Å². The van der Waals surface area contributed by atoms with Gasteiger partial charge in [-0.05, 0) is 97.2 Å². The van der Waals surface area contributed by atoms with Gasteiger partial charge in [0.1, 0.15) is 0 Å². The monoisotopic (exact) mass is 448 g/mol. The minimum Gasteiger partial charge on any atom is -0.396 e. The molecule has 0 saturated heterocycles. The molecule has 0 unspecified atom stereocenters. The second-order valence-electron chi connectivity index (χ2n) is 12.9. The minimum atomic E-state index is -0.363. The van der Waals surface area contributed by atoms with Gasteiger partial charge < -0.3 is 20.4 Å². The van der Waals surface area contributed by atoms with Crippen molar-refractivity contribution < 1.29 is 20.4 Å². The zero-order valence-corrected chi connectivity index (χ0v) is 21.0. The largest absolute Gasteiger partial charge is 0.396 e. The molecule has 4 nitrogen and oxygen atoms in total. The zero-order chi connectivity index (χ0) is 23.4. The maximum absolute atomic E-state index is 11.4. The van der Waals surface area contributed by atoms with E-state index in [1.165, 1.54) is 6.42 Å². The number of rotatable bonds is 5. The number of aliphatic hydroxyl groups is 4. The predicted molar refractivity (Wildman–Crippen MR) is 128 cm³/mol. The summed E-state index contributed by atoms with van der Waals surface area (Å²) in [5.74, 6) is 2.77. The van der Waals surface area contributed by atoms with Crippen molar-refractivity contribution in [1.29, 1.82) is 0 Å². The van der Waals surface area contributed by atoms with Gasteiger partial charge in [-0.2, -0.15) is 0 Å². The van der Waals surface area contributed by atoms with Crippen LogP contribution in [0.4, 0.5) is 0 Å². The van der Waals surface area contributed by atoms with Crippen LogP contribution in [0, 0.1) is 58.2 Å². The Hall–Kier alpha value is -0.420. The van der Waals surface area contributed by atoms with Crippen LogP contribution in [0.15, 0.2) is 12.2 Å². The van der Waals surface area contributed by atoms with Crippen molar-refractivity contribution in [2.75, 3.05) is 6.61 Å². The summed E-state index contributed by atoms with van der Waals surface area (Å²) in [5.41, 5.74) is 0.172. The molecule has 12 atom stereocenters. The molecule has 0 amide bonds. The van der Waals surface area contributed by atoms with Gasteiger partial charge in [0, 0.05) is 12.5 Å². The maximum Gasteiger partial charge on any atom is 0.0579 e. The molecule has 0 radical (unpaired) electrons. The van der Waals surface area contributed by atoms with E-state index >= 15 is 0 Å². The molecule has 4 heteroatoms. The summed E-state index contributed by atoms with van der Waals surface area (Å²) in [6.45, 7) is 11.6. The first-order valence-electron chi connectivity index (χ1n) is 13.4. The zero-order valence-electron chi connectivity index (χ0n) is 21.0. The van der Waals surface area contributed by atoms with Crippen LogP contribution in [0.2, 0.25) is 0 Å². The Bertz CT molecular complexity index is 691. The third-order valence-corrected chi connectivity index (χ3v) is 11.1. The standard InChI is InChI=1S/C28H48O4/c1-16(2)18(15-29)7-6-17(3)22-14-25(32)26-20-13-24(31)23-12-19(30)8-10-27(23,4)21(20)9-11-28(22,26)5/h6-7,16-26,29-32H,8-15H2,1-5H3/b7-6+/t17-,18-,19+,20-,21+,22-,23-,24+,25-,26-,27-,28-/m1/s1. The molecule has 4 aliphatic rings. The van der Waals surface area contributed by atoms with E-state index in [0.29, 0.717) is 29.6 Å². The van der Waals surface area contributed by atoms with Gasteiger partial charge >= 0.3 is 0 Å². The van der Waals surface area contributed by atoms with Gasteiger partial charge in [0.05, 0.1) is 18.3 Å². The van der Waals surface area contributed by atoms with Crippen molar-refractivity contribution in [3.63, 3.8) is 0 Å². The van der Waals surface area contributed by atoms with E-state index in [0.717, 1.165) is 38.5 Å². The molecule has 4 fully saturated rings. The quantitative estimate of drug-likeness (QED) is 0.470. The molecule has 0 aromatic carbocycles. The molecule has 4 N–H and O–H groups in total. The van der Waals surface area contributed by atoms with E-state index in [1.54, 1.807) is 0 Å². The molecule has 0 spiro atoms. The van der Waals surface area contributed by atoms with Crippen LogP contribution in [0.1, 0.15) is 79.6 Å². The second kappa shape index (κ2) is 8.98. The predicted octanol–water partition coefficient (Wildman–Crippen LogP) is 4.40. The number of allylic oxidation sites excluding steroid dienone is 1. The molecular formula is C28H48O4. The van der Waals surface area contributed by atoms with E-state index in [-0.39, 0.29) is 53.5 Å². The topological polar surface area (TPSA) is 80.9 Å². The molecule has 0 bridgehead atoms. The first-order valence-corrected chi connectivity index (χ1v) is 13.4. The van der Waals surface area contributed by atoms with E-state index in [4.69, 9.17) is 0 Å². The van der Waals surface area contributed by atoms with E-state index < -0.39 is 0 Å². The Morgan fingerprint density at radius 3 is 2.19 bits per heavy atom. The van der Waals surface area contributed by atoms with Gasteiger partial charge in [-0.1, -0.05) is 46.8 Å². The summed E-state index contributed by atoms with van der Waals surface area (Å²) in [6.07, 6.45) is 10.1. The van der Waals surface area contributed by atoms with Crippen LogP contribution >= 0.6 is 0 Å². The van der Waals surface area contributed by atoms with Crippen LogP contribution in [0.5, 0.6) is 0 Å². The van der Waals surface area contributed by atoms with Crippen molar-refractivity contribution >= 4 is 0 Å². The molecule has 0 aliphatic heterocycles. The fourth-order valence-corrected chi connectivity index (χ4v) is 9.15. The Balaban J connectivity index is 1.57. The summed E-state index contributed by atoms with van der Waals surface area (Å²) in [5, 5.41) is 42.6. The van der Waals surface area contributed by atoms with E-state index in [9.17, 15) is 20.4 Å². The van der Waals surface area contributed by atoms with Gasteiger partial charge in [0.25, 0.3) is 0 Å². The second-order valence-corrected chi connectivity index (χ2v) is 12.9. The van der Waals surface area contributed by atoms with Gasteiger partial charge in [0.15, 0.2) is 0 Å².